The van der Waals surface area contributed by atoms with Crippen LogP contribution >= 0.6 is 11.3 Å². The molecule has 3 amide bonds. The first-order valence-electron chi connectivity index (χ1n) is 10.8. The molecule has 3 aromatic rings. The van der Waals surface area contributed by atoms with Crippen LogP contribution in [0.25, 0.3) is 10.2 Å². The molecule has 1 aromatic carbocycles. The van der Waals surface area contributed by atoms with E-state index < -0.39 is 5.66 Å². The quantitative estimate of drug-likeness (QED) is 0.624. The molecule has 1 atom stereocenters. The summed E-state index contributed by atoms with van der Waals surface area (Å²) >= 11 is 1.37. The normalized spacial score (nSPS) is 19.7. The maximum Gasteiger partial charge on any atom is 0.281 e. The number of aryl methyl sites for hydroxylation is 1. The third-order valence-electron chi connectivity index (χ3n) is 6.43. The number of carbonyl (C=O) groups is 3. The molecule has 1 saturated heterocycles. The number of benzene rings is 1. The summed E-state index contributed by atoms with van der Waals surface area (Å²) in [4.78, 5) is 59.6. The zero-order chi connectivity index (χ0) is 23.3. The number of hydrogen-bond donors (Lipinski definition) is 1. The number of nitrogens with one attached hydrogen (secondary N) is 1. The molecule has 0 spiro atoms. The highest BCUT2D eigenvalue weighted by atomic mass is 32.1. The molecule has 170 valence electrons. The van der Waals surface area contributed by atoms with Gasteiger partial charge in [0.25, 0.3) is 11.5 Å². The van der Waals surface area contributed by atoms with Crippen LogP contribution in [0, 0.1) is 6.92 Å². The predicted molar refractivity (Wildman–Crippen MR) is 125 cm³/mol. The third-order valence-corrected chi connectivity index (χ3v) is 7.24. The number of thiophene rings is 1. The Morgan fingerprint density at radius 1 is 1.21 bits per heavy atom. The fraction of sp³-hybridized carbons (Fsp3) is 0.348. The molecule has 0 radical (unpaired) electrons. The molecule has 1 fully saturated rings. The maximum absolute atomic E-state index is 13.3. The molecular formula is C23H23N5O4S. The molecule has 9 nitrogen and oxygen atoms in total. The molecule has 10 heteroatoms. The van der Waals surface area contributed by atoms with Gasteiger partial charge in [-0.05, 0) is 50.3 Å². The van der Waals surface area contributed by atoms with Gasteiger partial charge in [-0.2, -0.15) is 0 Å². The Labute approximate surface area is 193 Å². The highest BCUT2D eigenvalue weighted by molar-refractivity contribution is 7.16. The SMILES string of the molecule is Cc1nc2sccc2c(=O)n1NC(=O)CCCN1C(=O)c2ccccc2N2C(=O)CCC12C. The second-order valence-electron chi connectivity index (χ2n) is 8.50. The summed E-state index contributed by atoms with van der Waals surface area (Å²) < 4.78 is 1.17. The van der Waals surface area contributed by atoms with Crippen LogP contribution in [-0.2, 0) is 9.59 Å². The monoisotopic (exact) mass is 465 g/mol. The van der Waals surface area contributed by atoms with E-state index in [9.17, 15) is 19.2 Å². The van der Waals surface area contributed by atoms with E-state index in [1.807, 2.05) is 13.0 Å². The number of amides is 3. The molecule has 4 heterocycles. The van der Waals surface area contributed by atoms with Crippen LogP contribution in [0.3, 0.4) is 0 Å². The number of carbonyl (C=O) groups excluding carboxylic acids is 3. The van der Waals surface area contributed by atoms with Gasteiger partial charge < -0.3 is 4.90 Å². The first-order valence-corrected chi connectivity index (χ1v) is 11.7. The topological polar surface area (TPSA) is 105 Å². The van der Waals surface area contributed by atoms with Crippen molar-refractivity contribution in [3.8, 4) is 0 Å². The molecule has 0 aliphatic carbocycles. The Morgan fingerprint density at radius 3 is 2.82 bits per heavy atom. The van der Waals surface area contributed by atoms with E-state index in [-0.39, 0.29) is 29.7 Å². The first-order chi connectivity index (χ1) is 15.8. The van der Waals surface area contributed by atoms with Crippen molar-refractivity contribution in [3.63, 3.8) is 0 Å². The fourth-order valence-electron chi connectivity index (χ4n) is 4.77. The van der Waals surface area contributed by atoms with Crippen molar-refractivity contribution in [1.82, 2.24) is 14.6 Å². The Hall–Kier alpha value is -3.53. The van der Waals surface area contributed by atoms with Crippen LogP contribution in [0.1, 0.15) is 48.8 Å². The maximum atomic E-state index is 13.3. The van der Waals surface area contributed by atoms with Gasteiger partial charge in [0.2, 0.25) is 11.8 Å². The lowest BCUT2D eigenvalue weighted by Crippen LogP contribution is -2.62. The van der Waals surface area contributed by atoms with Gasteiger partial charge in [0.15, 0.2) is 0 Å². The van der Waals surface area contributed by atoms with Gasteiger partial charge >= 0.3 is 0 Å². The van der Waals surface area contributed by atoms with Crippen LogP contribution in [0.2, 0.25) is 0 Å². The lowest BCUT2D eigenvalue weighted by atomic mass is 9.98. The molecular weight excluding hydrogens is 442 g/mol. The summed E-state index contributed by atoms with van der Waals surface area (Å²) in [6.07, 6.45) is 1.41. The van der Waals surface area contributed by atoms with Crippen molar-refractivity contribution >= 4 is 45.0 Å². The van der Waals surface area contributed by atoms with Gasteiger partial charge in [0.05, 0.1) is 16.6 Å². The van der Waals surface area contributed by atoms with Crippen LogP contribution in [0.5, 0.6) is 0 Å². The van der Waals surface area contributed by atoms with Crippen LogP contribution in [0.4, 0.5) is 5.69 Å². The summed E-state index contributed by atoms with van der Waals surface area (Å²) in [5.74, 6) is -0.0883. The molecule has 0 saturated carbocycles. The molecule has 1 unspecified atom stereocenters. The fourth-order valence-corrected chi connectivity index (χ4v) is 5.57. The minimum Gasteiger partial charge on any atom is -0.315 e. The highest BCUT2D eigenvalue weighted by Crippen LogP contribution is 2.44. The van der Waals surface area contributed by atoms with E-state index in [0.29, 0.717) is 53.1 Å². The van der Waals surface area contributed by atoms with E-state index in [4.69, 9.17) is 0 Å². The Bertz CT molecular complexity index is 1360. The summed E-state index contributed by atoms with van der Waals surface area (Å²) in [6.45, 7) is 3.88. The molecule has 0 bridgehead atoms. The van der Waals surface area contributed by atoms with Crippen LogP contribution < -0.4 is 15.9 Å². The molecule has 2 aliphatic heterocycles. The van der Waals surface area contributed by atoms with Crippen molar-refractivity contribution < 1.29 is 14.4 Å². The number of nitrogens with zero attached hydrogens (tertiary/aromatic N) is 4. The molecule has 5 rings (SSSR count). The summed E-state index contributed by atoms with van der Waals surface area (Å²) in [5.41, 5.74) is 2.70. The highest BCUT2D eigenvalue weighted by Gasteiger charge is 2.52. The minimum absolute atomic E-state index is 0.00799. The van der Waals surface area contributed by atoms with Crippen LogP contribution in [-0.4, -0.2) is 44.5 Å². The number of aromatic nitrogens is 2. The molecule has 33 heavy (non-hydrogen) atoms. The predicted octanol–water partition coefficient (Wildman–Crippen LogP) is 2.62. The van der Waals surface area contributed by atoms with E-state index in [1.165, 1.54) is 16.0 Å². The zero-order valence-corrected chi connectivity index (χ0v) is 19.1. The minimum atomic E-state index is -0.750. The van der Waals surface area contributed by atoms with E-state index >= 15 is 0 Å². The second kappa shape index (κ2) is 7.80. The summed E-state index contributed by atoms with van der Waals surface area (Å²) in [5, 5.41) is 2.25. The van der Waals surface area contributed by atoms with E-state index in [1.54, 1.807) is 46.4 Å². The van der Waals surface area contributed by atoms with Gasteiger partial charge in [-0.1, -0.05) is 12.1 Å². The number of anilines is 1. The van der Waals surface area contributed by atoms with Crippen molar-refractivity contribution in [2.45, 2.75) is 45.2 Å². The third kappa shape index (κ3) is 3.32. The molecule has 1 N–H and O–H groups in total. The average Bonchev–Trinajstić information content (AvgIpc) is 3.38. The number of rotatable bonds is 5. The Morgan fingerprint density at radius 2 is 2.00 bits per heavy atom. The second-order valence-corrected chi connectivity index (χ2v) is 9.39. The van der Waals surface area contributed by atoms with Crippen LogP contribution in [0.15, 0.2) is 40.5 Å². The summed E-state index contributed by atoms with van der Waals surface area (Å²) in [7, 11) is 0. The van der Waals surface area contributed by atoms with Crippen molar-refractivity contribution in [2.24, 2.45) is 0 Å². The van der Waals surface area contributed by atoms with E-state index in [2.05, 4.69) is 10.4 Å². The van der Waals surface area contributed by atoms with E-state index in [0.717, 1.165) is 0 Å². The van der Waals surface area contributed by atoms with Gasteiger partial charge in [0.1, 0.15) is 16.3 Å². The molecule has 2 aliphatic rings. The smallest absolute Gasteiger partial charge is 0.281 e. The largest absolute Gasteiger partial charge is 0.315 e. The zero-order valence-electron chi connectivity index (χ0n) is 18.3. The van der Waals surface area contributed by atoms with Gasteiger partial charge in [0, 0.05) is 19.4 Å². The van der Waals surface area contributed by atoms with Crippen molar-refractivity contribution in [3.05, 3.63) is 57.5 Å². The Balaban J connectivity index is 1.31. The van der Waals surface area contributed by atoms with Crippen molar-refractivity contribution in [2.75, 3.05) is 16.9 Å². The first kappa shape index (κ1) is 21.3. The van der Waals surface area contributed by atoms with Gasteiger partial charge in [-0.3, -0.25) is 29.5 Å². The van der Waals surface area contributed by atoms with Crippen molar-refractivity contribution in [1.29, 1.82) is 0 Å². The lowest BCUT2D eigenvalue weighted by molar-refractivity contribution is -0.118. The lowest BCUT2D eigenvalue weighted by Gasteiger charge is -2.48. The van der Waals surface area contributed by atoms with Gasteiger partial charge in [-0.25, -0.2) is 9.66 Å². The summed E-state index contributed by atoms with van der Waals surface area (Å²) in [6, 6.07) is 8.82. The number of fused-ring (bicyclic) bond motifs is 4. The number of para-hydroxylation sites is 1. The Kier molecular flexibility index (Phi) is 5.04. The standard InChI is InChI=1S/C23H23N5O4S/c1-14-24-20-16(10-13-33-20)22(32)28(14)25-18(29)8-5-12-26-21(31)15-6-3-4-7-17(15)27-19(30)9-11-23(26,27)2/h3-4,6-7,10,13H,5,8-9,11-12H2,1-2H3,(H,25,29). The molecule has 2 aromatic heterocycles. The average molecular weight is 466 g/mol. The number of hydrogen-bond acceptors (Lipinski definition) is 6. The van der Waals surface area contributed by atoms with Gasteiger partial charge in [-0.15, -0.1) is 11.3 Å².